The van der Waals surface area contributed by atoms with E-state index in [0.717, 1.165) is 32.4 Å². The van der Waals surface area contributed by atoms with Crippen LogP contribution in [0.25, 0.3) is 0 Å². The quantitative estimate of drug-likeness (QED) is 0.815. The summed E-state index contributed by atoms with van der Waals surface area (Å²) in [5, 5.41) is 3.19. The zero-order valence-electron chi connectivity index (χ0n) is 14.0. The molecule has 2 fully saturated rings. The van der Waals surface area contributed by atoms with Gasteiger partial charge in [-0.15, -0.1) is 0 Å². The lowest BCUT2D eigenvalue weighted by Crippen LogP contribution is -2.40. The van der Waals surface area contributed by atoms with Crippen LogP contribution < -0.4 is 11.1 Å². The Labute approximate surface area is 129 Å². The molecule has 2 aliphatic rings. The van der Waals surface area contributed by atoms with Gasteiger partial charge in [0, 0.05) is 31.1 Å². The highest BCUT2D eigenvalue weighted by Gasteiger charge is 2.29. The number of rotatable bonds is 5. The summed E-state index contributed by atoms with van der Waals surface area (Å²) in [6.07, 6.45) is 5.68. The first-order valence-electron chi connectivity index (χ1n) is 8.74. The second-order valence-electron chi connectivity index (χ2n) is 7.46. The fourth-order valence-corrected chi connectivity index (χ4v) is 3.84. The predicted molar refractivity (Wildman–Crippen MR) is 86.9 cm³/mol. The molecule has 1 heterocycles. The van der Waals surface area contributed by atoms with Crippen molar-refractivity contribution in [1.82, 2.24) is 10.2 Å². The lowest BCUT2D eigenvalue weighted by Gasteiger charge is -2.30. The van der Waals surface area contributed by atoms with E-state index in [1.54, 1.807) is 0 Å². The van der Waals surface area contributed by atoms with Crippen LogP contribution >= 0.6 is 0 Å². The zero-order valence-corrected chi connectivity index (χ0v) is 14.0. The fourth-order valence-electron chi connectivity index (χ4n) is 3.84. The standard InChI is InChI=1S/C17H33N3O/c1-12(2)20-8-7-14(11-20)10-19-17(21)13(3)15-5-4-6-16(18)9-15/h12-16H,4-11,18H2,1-3H3,(H,19,21). The molecule has 0 aromatic heterocycles. The molecule has 1 saturated heterocycles. The van der Waals surface area contributed by atoms with E-state index in [-0.39, 0.29) is 11.8 Å². The first kappa shape index (κ1) is 16.8. The molecular weight excluding hydrogens is 262 g/mol. The average molecular weight is 295 g/mol. The Balaban J connectivity index is 1.72. The van der Waals surface area contributed by atoms with Gasteiger partial charge in [-0.05, 0) is 57.9 Å². The summed E-state index contributed by atoms with van der Waals surface area (Å²) in [5.74, 6) is 1.44. The predicted octanol–water partition coefficient (Wildman–Crippen LogP) is 1.99. The lowest BCUT2D eigenvalue weighted by atomic mass is 9.78. The maximum absolute atomic E-state index is 12.4. The maximum Gasteiger partial charge on any atom is 0.223 e. The van der Waals surface area contributed by atoms with Gasteiger partial charge in [-0.1, -0.05) is 13.3 Å². The van der Waals surface area contributed by atoms with E-state index in [4.69, 9.17) is 5.73 Å². The molecule has 3 N–H and O–H groups in total. The van der Waals surface area contributed by atoms with Crippen LogP contribution in [0.5, 0.6) is 0 Å². The number of likely N-dealkylation sites (tertiary alicyclic amines) is 1. The molecule has 4 heteroatoms. The van der Waals surface area contributed by atoms with Crippen LogP contribution in [0.15, 0.2) is 0 Å². The number of nitrogens with two attached hydrogens (primary N) is 1. The molecule has 21 heavy (non-hydrogen) atoms. The van der Waals surface area contributed by atoms with Crippen molar-refractivity contribution in [3.63, 3.8) is 0 Å². The van der Waals surface area contributed by atoms with Crippen molar-refractivity contribution in [3.05, 3.63) is 0 Å². The van der Waals surface area contributed by atoms with Crippen LogP contribution in [0.4, 0.5) is 0 Å². The average Bonchev–Trinajstić information content (AvgIpc) is 2.93. The van der Waals surface area contributed by atoms with Crippen molar-refractivity contribution in [2.24, 2.45) is 23.5 Å². The molecule has 0 radical (unpaired) electrons. The van der Waals surface area contributed by atoms with Crippen molar-refractivity contribution < 1.29 is 4.79 Å². The molecule has 0 aromatic carbocycles. The Bertz CT molecular complexity index is 345. The molecule has 2 rings (SSSR count). The van der Waals surface area contributed by atoms with Crippen LogP contribution in [0.1, 0.15) is 52.9 Å². The van der Waals surface area contributed by atoms with Gasteiger partial charge < -0.3 is 16.0 Å². The monoisotopic (exact) mass is 295 g/mol. The largest absolute Gasteiger partial charge is 0.356 e. The normalized spacial score (nSPS) is 32.3. The first-order valence-corrected chi connectivity index (χ1v) is 8.74. The number of hydrogen-bond acceptors (Lipinski definition) is 3. The summed E-state index contributed by atoms with van der Waals surface area (Å²) in [6, 6.07) is 0.918. The molecule has 1 aliphatic carbocycles. The van der Waals surface area contributed by atoms with E-state index in [1.165, 1.54) is 19.4 Å². The first-order chi connectivity index (χ1) is 9.97. The number of amides is 1. The van der Waals surface area contributed by atoms with Gasteiger partial charge in [0.15, 0.2) is 0 Å². The van der Waals surface area contributed by atoms with Gasteiger partial charge in [0.2, 0.25) is 5.91 Å². The third-order valence-corrected chi connectivity index (χ3v) is 5.49. The molecule has 0 bridgehead atoms. The van der Waals surface area contributed by atoms with E-state index in [9.17, 15) is 4.79 Å². The van der Waals surface area contributed by atoms with Crippen molar-refractivity contribution in [2.75, 3.05) is 19.6 Å². The Kier molecular flexibility index (Phi) is 6.06. The molecule has 4 nitrogen and oxygen atoms in total. The fraction of sp³-hybridized carbons (Fsp3) is 0.941. The van der Waals surface area contributed by atoms with Gasteiger partial charge in [-0.25, -0.2) is 0 Å². The van der Waals surface area contributed by atoms with Crippen LogP contribution in [0, 0.1) is 17.8 Å². The topological polar surface area (TPSA) is 58.4 Å². The van der Waals surface area contributed by atoms with E-state index in [1.807, 2.05) is 0 Å². The van der Waals surface area contributed by atoms with Crippen molar-refractivity contribution >= 4 is 5.91 Å². The molecule has 4 unspecified atom stereocenters. The second kappa shape index (κ2) is 7.59. The number of nitrogens with one attached hydrogen (secondary N) is 1. The number of nitrogens with zero attached hydrogens (tertiary/aromatic N) is 1. The van der Waals surface area contributed by atoms with Crippen LogP contribution in [0.2, 0.25) is 0 Å². The van der Waals surface area contributed by atoms with Crippen molar-refractivity contribution in [3.8, 4) is 0 Å². The molecular formula is C17H33N3O. The Morgan fingerprint density at radius 1 is 1.29 bits per heavy atom. The molecule has 1 saturated carbocycles. The minimum absolute atomic E-state index is 0.110. The molecule has 4 atom stereocenters. The molecule has 1 amide bonds. The highest BCUT2D eigenvalue weighted by molar-refractivity contribution is 5.78. The lowest BCUT2D eigenvalue weighted by molar-refractivity contribution is -0.126. The SMILES string of the molecule is CC(C(=O)NCC1CCN(C(C)C)C1)C1CCCC(N)C1. The van der Waals surface area contributed by atoms with Gasteiger partial charge in [0.1, 0.15) is 0 Å². The molecule has 1 aliphatic heterocycles. The van der Waals surface area contributed by atoms with E-state index in [2.05, 4.69) is 31.0 Å². The Hall–Kier alpha value is -0.610. The van der Waals surface area contributed by atoms with E-state index in [0.29, 0.717) is 23.9 Å². The highest BCUT2D eigenvalue weighted by Crippen LogP contribution is 2.29. The number of carbonyl (C=O) groups excluding carboxylic acids is 1. The van der Waals surface area contributed by atoms with E-state index < -0.39 is 0 Å². The van der Waals surface area contributed by atoms with Gasteiger partial charge in [0.25, 0.3) is 0 Å². The summed E-state index contributed by atoms with van der Waals surface area (Å²) in [7, 11) is 0. The summed E-state index contributed by atoms with van der Waals surface area (Å²) in [6.45, 7) is 9.70. The molecule has 122 valence electrons. The maximum atomic E-state index is 12.4. The van der Waals surface area contributed by atoms with Crippen molar-refractivity contribution in [1.29, 1.82) is 0 Å². The third kappa shape index (κ3) is 4.68. The molecule has 0 spiro atoms. The Morgan fingerprint density at radius 3 is 2.67 bits per heavy atom. The van der Waals surface area contributed by atoms with Gasteiger partial charge in [-0.3, -0.25) is 4.79 Å². The minimum atomic E-state index is 0.110. The smallest absolute Gasteiger partial charge is 0.223 e. The van der Waals surface area contributed by atoms with Crippen LogP contribution in [0.3, 0.4) is 0 Å². The summed E-state index contributed by atoms with van der Waals surface area (Å²) in [4.78, 5) is 14.9. The highest BCUT2D eigenvalue weighted by atomic mass is 16.1. The number of hydrogen-bond donors (Lipinski definition) is 2. The zero-order chi connectivity index (χ0) is 15.4. The van der Waals surface area contributed by atoms with E-state index >= 15 is 0 Å². The van der Waals surface area contributed by atoms with Gasteiger partial charge in [0.05, 0.1) is 0 Å². The third-order valence-electron chi connectivity index (χ3n) is 5.49. The Morgan fingerprint density at radius 2 is 2.05 bits per heavy atom. The second-order valence-corrected chi connectivity index (χ2v) is 7.46. The summed E-state index contributed by atoms with van der Waals surface area (Å²) >= 11 is 0. The van der Waals surface area contributed by atoms with Gasteiger partial charge >= 0.3 is 0 Å². The minimum Gasteiger partial charge on any atom is -0.356 e. The van der Waals surface area contributed by atoms with Crippen LogP contribution in [-0.4, -0.2) is 42.5 Å². The summed E-state index contributed by atoms with van der Waals surface area (Å²) < 4.78 is 0. The molecule has 0 aromatic rings. The van der Waals surface area contributed by atoms with Gasteiger partial charge in [-0.2, -0.15) is 0 Å². The number of carbonyl (C=O) groups is 1. The van der Waals surface area contributed by atoms with Crippen LogP contribution in [-0.2, 0) is 4.79 Å². The summed E-state index contributed by atoms with van der Waals surface area (Å²) in [5.41, 5.74) is 6.04. The van der Waals surface area contributed by atoms with Crippen molar-refractivity contribution in [2.45, 2.75) is 65.0 Å².